The molecule has 0 bridgehead atoms. The first-order valence-electron chi connectivity index (χ1n) is 8.30. The van der Waals surface area contributed by atoms with Gasteiger partial charge < -0.3 is 14.8 Å². The third-order valence-corrected chi connectivity index (χ3v) is 4.11. The topological polar surface area (TPSA) is 67.2 Å². The second-order valence-corrected chi connectivity index (χ2v) is 5.57. The van der Waals surface area contributed by atoms with E-state index in [1.165, 1.54) is 0 Å². The van der Waals surface area contributed by atoms with Gasteiger partial charge in [0.15, 0.2) is 5.82 Å². The molecule has 2 amide bonds. The van der Waals surface area contributed by atoms with Crippen molar-refractivity contribution in [2.75, 3.05) is 19.6 Å². The number of aromatic nitrogens is 2. The van der Waals surface area contributed by atoms with Crippen LogP contribution in [0.15, 0.2) is 0 Å². The molecule has 1 aliphatic rings. The maximum Gasteiger partial charge on any atom is 0.289 e. The van der Waals surface area contributed by atoms with E-state index in [1.807, 2.05) is 25.3 Å². The molecular formula is C16H26N4O2. The normalized spacial score (nSPS) is 13.6. The zero-order valence-corrected chi connectivity index (χ0v) is 13.8. The van der Waals surface area contributed by atoms with Crippen molar-refractivity contribution in [1.29, 1.82) is 0 Å². The summed E-state index contributed by atoms with van der Waals surface area (Å²) in [6.07, 6.45) is 3.76. The van der Waals surface area contributed by atoms with Gasteiger partial charge in [0.2, 0.25) is 0 Å². The van der Waals surface area contributed by atoms with Gasteiger partial charge in [-0.3, -0.25) is 9.59 Å². The SMILES string of the molecule is CCCNC(=O)c1nc(C(=O)N(CC)CC)n2c1CCCC2. The fourth-order valence-electron chi connectivity index (χ4n) is 2.86. The van der Waals surface area contributed by atoms with Gasteiger partial charge in [0.1, 0.15) is 5.69 Å². The van der Waals surface area contributed by atoms with Gasteiger partial charge in [-0.1, -0.05) is 6.92 Å². The molecule has 22 heavy (non-hydrogen) atoms. The summed E-state index contributed by atoms with van der Waals surface area (Å²) in [5, 5.41) is 2.87. The van der Waals surface area contributed by atoms with Crippen molar-refractivity contribution in [3.8, 4) is 0 Å². The third-order valence-electron chi connectivity index (χ3n) is 4.11. The summed E-state index contributed by atoms with van der Waals surface area (Å²) >= 11 is 0. The minimum absolute atomic E-state index is 0.0808. The van der Waals surface area contributed by atoms with Gasteiger partial charge in [0.05, 0.1) is 5.69 Å². The Bertz CT molecular complexity index is 547. The predicted molar refractivity (Wildman–Crippen MR) is 85.0 cm³/mol. The minimum Gasteiger partial charge on any atom is -0.351 e. The highest BCUT2D eigenvalue weighted by Crippen LogP contribution is 2.22. The van der Waals surface area contributed by atoms with E-state index in [1.54, 1.807) is 4.90 Å². The van der Waals surface area contributed by atoms with E-state index in [0.717, 1.165) is 37.9 Å². The van der Waals surface area contributed by atoms with E-state index in [-0.39, 0.29) is 11.8 Å². The number of nitrogens with zero attached hydrogens (tertiary/aromatic N) is 3. The van der Waals surface area contributed by atoms with Gasteiger partial charge in [-0.2, -0.15) is 0 Å². The fraction of sp³-hybridized carbons (Fsp3) is 0.688. The summed E-state index contributed by atoms with van der Waals surface area (Å²) in [6.45, 7) is 8.62. The molecule has 0 spiro atoms. The number of carbonyl (C=O) groups excluding carboxylic acids is 2. The molecule has 2 rings (SSSR count). The quantitative estimate of drug-likeness (QED) is 0.872. The maximum absolute atomic E-state index is 12.6. The number of fused-ring (bicyclic) bond motifs is 1. The molecule has 1 aliphatic heterocycles. The summed E-state index contributed by atoms with van der Waals surface area (Å²) in [5.74, 6) is 0.175. The zero-order chi connectivity index (χ0) is 16.1. The van der Waals surface area contributed by atoms with E-state index < -0.39 is 0 Å². The Morgan fingerprint density at radius 1 is 1.23 bits per heavy atom. The van der Waals surface area contributed by atoms with Crippen LogP contribution < -0.4 is 5.32 Å². The minimum atomic E-state index is -0.161. The molecule has 1 aromatic heterocycles. The van der Waals surface area contributed by atoms with Crippen molar-refractivity contribution in [2.24, 2.45) is 0 Å². The lowest BCUT2D eigenvalue weighted by atomic mass is 10.1. The monoisotopic (exact) mass is 306 g/mol. The smallest absolute Gasteiger partial charge is 0.289 e. The highest BCUT2D eigenvalue weighted by atomic mass is 16.2. The second-order valence-electron chi connectivity index (χ2n) is 5.57. The van der Waals surface area contributed by atoms with Crippen LogP contribution in [-0.2, 0) is 13.0 Å². The number of amides is 2. The standard InChI is InChI=1S/C16H26N4O2/c1-4-10-17-15(21)13-12-9-7-8-11-20(12)14(18-13)16(22)19(5-2)6-3/h4-11H2,1-3H3,(H,17,21). The summed E-state index contributed by atoms with van der Waals surface area (Å²) in [5.41, 5.74) is 1.35. The van der Waals surface area contributed by atoms with Crippen LogP contribution in [0.4, 0.5) is 0 Å². The molecule has 1 aromatic rings. The Labute approximate surface area is 131 Å². The summed E-state index contributed by atoms with van der Waals surface area (Å²) < 4.78 is 1.95. The molecule has 0 aliphatic carbocycles. The van der Waals surface area contributed by atoms with Gasteiger partial charge >= 0.3 is 0 Å². The molecule has 0 atom stereocenters. The van der Waals surface area contributed by atoms with Crippen LogP contribution in [0.25, 0.3) is 0 Å². The van der Waals surface area contributed by atoms with Crippen molar-refractivity contribution in [1.82, 2.24) is 19.8 Å². The van der Waals surface area contributed by atoms with E-state index in [4.69, 9.17) is 0 Å². The van der Waals surface area contributed by atoms with Gasteiger partial charge in [0.25, 0.3) is 11.8 Å². The molecule has 0 aromatic carbocycles. The van der Waals surface area contributed by atoms with Crippen LogP contribution in [0, 0.1) is 0 Å². The lowest BCUT2D eigenvalue weighted by molar-refractivity contribution is 0.0754. The van der Waals surface area contributed by atoms with Crippen molar-refractivity contribution >= 4 is 11.8 Å². The predicted octanol–water partition coefficient (Wildman–Crippen LogP) is 1.84. The number of imidazole rings is 1. The number of hydrogen-bond acceptors (Lipinski definition) is 3. The van der Waals surface area contributed by atoms with E-state index in [9.17, 15) is 9.59 Å². The Morgan fingerprint density at radius 2 is 1.95 bits per heavy atom. The first-order chi connectivity index (χ1) is 10.6. The lowest BCUT2D eigenvalue weighted by Gasteiger charge is -2.21. The Balaban J connectivity index is 2.37. The Hall–Kier alpha value is -1.85. The first-order valence-corrected chi connectivity index (χ1v) is 8.30. The first kappa shape index (κ1) is 16.5. The van der Waals surface area contributed by atoms with Gasteiger partial charge in [-0.05, 0) is 39.5 Å². The fourth-order valence-corrected chi connectivity index (χ4v) is 2.86. The van der Waals surface area contributed by atoms with Gasteiger partial charge in [-0.25, -0.2) is 4.98 Å². The third kappa shape index (κ3) is 3.15. The molecule has 1 N–H and O–H groups in total. The number of rotatable bonds is 6. The van der Waals surface area contributed by atoms with Crippen LogP contribution in [0.2, 0.25) is 0 Å². The van der Waals surface area contributed by atoms with Crippen molar-refractivity contribution in [2.45, 2.75) is 53.0 Å². The molecule has 6 nitrogen and oxygen atoms in total. The van der Waals surface area contributed by atoms with Crippen LogP contribution in [0.1, 0.15) is 66.8 Å². The molecular weight excluding hydrogens is 280 g/mol. The summed E-state index contributed by atoms with van der Waals surface area (Å²) in [6, 6.07) is 0. The summed E-state index contributed by atoms with van der Waals surface area (Å²) in [7, 11) is 0. The summed E-state index contributed by atoms with van der Waals surface area (Å²) in [4.78, 5) is 31.1. The molecule has 0 unspecified atom stereocenters. The van der Waals surface area contributed by atoms with Crippen molar-refractivity contribution < 1.29 is 9.59 Å². The number of nitrogens with one attached hydrogen (secondary N) is 1. The Morgan fingerprint density at radius 3 is 2.59 bits per heavy atom. The highest BCUT2D eigenvalue weighted by Gasteiger charge is 2.28. The molecule has 0 radical (unpaired) electrons. The van der Waals surface area contributed by atoms with Gasteiger partial charge in [0, 0.05) is 26.2 Å². The van der Waals surface area contributed by atoms with Crippen molar-refractivity contribution in [3.63, 3.8) is 0 Å². The number of carbonyl (C=O) groups is 2. The molecule has 2 heterocycles. The maximum atomic E-state index is 12.6. The zero-order valence-electron chi connectivity index (χ0n) is 13.8. The number of hydrogen-bond donors (Lipinski definition) is 1. The average Bonchev–Trinajstić information content (AvgIpc) is 2.93. The van der Waals surface area contributed by atoms with E-state index >= 15 is 0 Å². The van der Waals surface area contributed by atoms with Crippen LogP contribution in [-0.4, -0.2) is 45.9 Å². The van der Waals surface area contributed by atoms with Crippen LogP contribution in [0.3, 0.4) is 0 Å². The molecule has 6 heteroatoms. The largest absolute Gasteiger partial charge is 0.351 e. The lowest BCUT2D eigenvalue weighted by Crippen LogP contribution is -2.33. The van der Waals surface area contributed by atoms with E-state index in [2.05, 4.69) is 10.3 Å². The molecule has 0 fully saturated rings. The average molecular weight is 306 g/mol. The second kappa shape index (κ2) is 7.42. The van der Waals surface area contributed by atoms with Gasteiger partial charge in [-0.15, -0.1) is 0 Å². The highest BCUT2D eigenvalue weighted by molar-refractivity contribution is 5.97. The molecule has 0 saturated carbocycles. The molecule has 122 valence electrons. The Kier molecular flexibility index (Phi) is 5.57. The van der Waals surface area contributed by atoms with Crippen LogP contribution in [0.5, 0.6) is 0 Å². The van der Waals surface area contributed by atoms with Crippen LogP contribution >= 0.6 is 0 Å². The molecule has 0 saturated heterocycles. The van der Waals surface area contributed by atoms with Crippen molar-refractivity contribution in [3.05, 3.63) is 17.2 Å². The van der Waals surface area contributed by atoms with E-state index in [0.29, 0.717) is 31.2 Å².